The van der Waals surface area contributed by atoms with E-state index in [1.165, 1.54) is 5.56 Å². The number of rotatable bonds is 5. The molecule has 1 aliphatic rings. The molecule has 154 valence electrons. The third-order valence-electron chi connectivity index (χ3n) is 5.76. The number of benzene rings is 2. The number of phenolic OH excluding ortho intramolecular Hbond substituents is 1. The Balaban J connectivity index is 1.44. The smallest absolute Gasteiger partial charge is 0.336 e. The Morgan fingerprint density at radius 1 is 1.00 bits per heavy atom. The molecular formula is C24H25N3O3. The summed E-state index contributed by atoms with van der Waals surface area (Å²) in [5, 5.41) is 19.9. The number of nitrogens with zero attached hydrogens (tertiary/aromatic N) is 3. The number of phenols is 1. The minimum Gasteiger partial charge on any atom is -0.508 e. The van der Waals surface area contributed by atoms with Crippen LogP contribution in [-0.2, 0) is 19.5 Å². The molecule has 3 aromatic rings. The third kappa shape index (κ3) is 4.38. The van der Waals surface area contributed by atoms with Gasteiger partial charge in [-0.25, -0.2) is 4.79 Å². The summed E-state index contributed by atoms with van der Waals surface area (Å²) >= 11 is 0. The maximum atomic E-state index is 12.0. The van der Waals surface area contributed by atoms with E-state index in [1.54, 1.807) is 12.1 Å². The molecule has 0 radical (unpaired) electrons. The standard InChI is InChI=1S/C24H25N3O3/c1-2-19-11-21-20(12-24(29)30-23(21)13-22(19)28)16-27-9-7-26(8-10-27)15-18-5-3-17(14-25)4-6-18/h3-6,11-13,28H,2,7-10,15-16H2,1H3. The average molecular weight is 403 g/mol. The molecule has 0 atom stereocenters. The molecule has 0 amide bonds. The first-order chi connectivity index (χ1) is 14.6. The summed E-state index contributed by atoms with van der Waals surface area (Å²) in [6, 6.07) is 15.0. The SMILES string of the molecule is CCc1cc2c(CN3CCN(Cc4ccc(C#N)cc4)CC3)cc(=O)oc2cc1O. The monoisotopic (exact) mass is 403 g/mol. The van der Waals surface area contributed by atoms with Crippen molar-refractivity contribution >= 4 is 11.0 Å². The van der Waals surface area contributed by atoms with Crippen LogP contribution in [0.5, 0.6) is 5.75 Å². The lowest BCUT2D eigenvalue weighted by atomic mass is 10.0. The van der Waals surface area contributed by atoms with Crippen molar-refractivity contribution in [2.75, 3.05) is 26.2 Å². The van der Waals surface area contributed by atoms with Crippen molar-refractivity contribution < 1.29 is 9.52 Å². The Hall–Kier alpha value is -3.14. The Morgan fingerprint density at radius 3 is 2.30 bits per heavy atom. The number of hydrogen-bond acceptors (Lipinski definition) is 6. The fourth-order valence-electron chi connectivity index (χ4n) is 4.01. The Morgan fingerprint density at radius 2 is 1.67 bits per heavy atom. The van der Waals surface area contributed by atoms with Crippen LogP contribution < -0.4 is 5.63 Å². The molecule has 0 aliphatic carbocycles. The van der Waals surface area contributed by atoms with Gasteiger partial charge in [-0.2, -0.15) is 5.26 Å². The summed E-state index contributed by atoms with van der Waals surface area (Å²) in [5.74, 6) is 0.168. The highest BCUT2D eigenvalue weighted by Gasteiger charge is 2.19. The first-order valence-electron chi connectivity index (χ1n) is 10.3. The Labute approximate surface area is 175 Å². The summed E-state index contributed by atoms with van der Waals surface area (Å²) < 4.78 is 5.31. The van der Waals surface area contributed by atoms with Crippen LogP contribution in [0.2, 0.25) is 0 Å². The summed E-state index contributed by atoms with van der Waals surface area (Å²) in [7, 11) is 0. The molecule has 0 bridgehead atoms. The molecule has 1 aliphatic heterocycles. The Kier molecular flexibility index (Phi) is 5.84. The number of hydrogen-bond donors (Lipinski definition) is 1. The molecule has 30 heavy (non-hydrogen) atoms. The van der Waals surface area contributed by atoms with E-state index in [4.69, 9.17) is 9.68 Å². The van der Waals surface area contributed by atoms with Gasteiger partial charge in [0, 0.05) is 56.8 Å². The van der Waals surface area contributed by atoms with Gasteiger partial charge in [-0.05, 0) is 41.3 Å². The molecule has 1 aromatic heterocycles. The lowest BCUT2D eigenvalue weighted by Crippen LogP contribution is -2.45. The van der Waals surface area contributed by atoms with Gasteiger partial charge in [0.15, 0.2) is 0 Å². The normalized spacial score (nSPS) is 15.3. The molecule has 2 aromatic carbocycles. The van der Waals surface area contributed by atoms with Gasteiger partial charge < -0.3 is 9.52 Å². The van der Waals surface area contributed by atoms with E-state index in [2.05, 4.69) is 15.9 Å². The summed E-state index contributed by atoms with van der Waals surface area (Å²) in [6.45, 7) is 7.26. The van der Waals surface area contributed by atoms with E-state index in [9.17, 15) is 9.90 Å². The number of piperazine rings is 1. The van der Waals surface area contributed by atoms with Crippen LogP contribution in [0.25, 0.3) is 11.0 Å². The van der Waals surface area contributed by atoms with Crippen LogP contribution in [0.3, 0.4) is 0 Å². The highest BCUT2D eigenvalue weighted by Crippen LogP contribution is 2.27. The van der Waals surface area contributed by atoms with Crippen molar-refractivity contribution in [2.24, 2.45) is 0 Å². The van der Waals surface area contributed by atoms with Gasteiger partial charge in [0.1, 0.15) is 11.3 Å². The van der Waals surface area contributed by atoms with Crippen LogP contribution in [0.1, 0.15) is 29.2 Å². The van der Waals surface area contributed by atoms with Crippen LogP contribution >= 0.6 is 0 Å². The molecular weight excluding hydrogens is 378 g/mol. The predicted molar refractivity (Wildman–Crippen MR) is 115 cm³/mol. The van der Waals surface area contributed by atoms with E-state index in [-0.39, 0.29) is 11.4 Å². The largest absolute Gasteiger partial charge is 0.508 e. The third-order valence-corrected chi connectivity index (χ3v) is 5.76. The van der Waals surface area contributed by atoms with Gasteiger partial charge in [0.25, 0.3) is 0 Å². The predicted octanol–water partition coefficient (Wildman–Crippen LogP) is 3.25. The second-order valence-electron chi connectivity index (χ2n) is 7.78. The van der Waals surface area contributed by atoms with Gasteiger partial charge in [0.05, 0.1) is 11.6 Å². The first kappa shape index (κ1) is 20.1. The van der Waals surface area contributed by atoms with Gasteiger partial charge in [-0.1, -0.05) is 19.1 Å². The van der Waals surface area contributed by atoms with Crippen molar-refractivity contribution in [1.29, 1.82) is 5.26 Å². The van der Waals surface area contributed by atoms with Crippen molar-refractivity contribution in [3.05, 3.63) is 75.1 Å². The zero-order valence-electron chi connectivity index (χ0n) is 17.1. The van der Waals surface area contributed by atoms with Crippen LogP contribution in [-0.4, -0.2) is 41.1 Å². The summed E-state index contributed by atoms with van der Waals surface area (Å²) in [5.41, 5.74) is 3.73. The molecule has 0 unspecified atom stereocenters. The number of fused-ring (bicyclic) bond motifs is 1. The average Bonchev–Trinajstić information content (AvgIpc) is 2.75. The molecule has 6 heteroatoms. The quantitative estimate of drug-likeness (QED) is 0.659. The topological polar surface area (TPSA) is 80.7 Å². The first-order valence-corrected chi connectivity index (χ1v) is 10.3. The zero-order valence-corrected chi connectivity index (χ0v) is 17.1. The van der Waals surface area contributed by atoms with Crippen molar-refractivity contribution in [3.8, 4) is 11.8 Å². The number of aromatic hydroxyl groups is 1. The molecule has 1 saturated heterocycles. The van der Waals surface area contributed by atoms with E-state index in [1.807, 2.05) is 37.3 Å². The van der Waals surface area contributed by atoms with Crippen LogP contribution in [0, 0.1) is 11.3 Å². The Bertz CT molecular complexity index is 1140. The summed E-state index contributed by atoms with van der Waals surface area (Å²) in [4.78, 5) is 16.8. The van der Waals surface area contributed by atoms with E-state index in [0.717, 1.165) is 49.2 Å². The van der Waals surface area contributed by atoms with Crippen LogP contribution in [0.4, 0.5) is 0 Å². The van der Waals surface area contributed by atoms with E-state index >= 15 is 0 Å². The highest BCUT2D eigenvalue weighted by molar-refractivity contribution is 5.82. The second kappa shape index (κ2) is 8.70. The minimum atomic E-state index is -0.388. The molecule has 2 heterocycles. The number of nitriles is 1. The summed E-state index contributed by atoms with van der Waals surface area (Å²) in [6.07, 6.45) is 0.717. The van der Waals surface area contributed by atoms with Crippen LogP contribution in [0.15, 0.2) is 51.7 Å². The van der Waals surface area contributed by atoms with Gasteiger partial charge >= 0.3 is 5.63 Å². The fraction of sp³-hybridized carbons (Fsp3) is 0.333. The molecule has 1 fully saturated rings. The maximum Gasteiger partial charge on any atom is 0.336 e. The van der Waals surface area contributed by atoms with E-state index in [0.29, 0.717) is 24.1 Å². The van der Waals surface area contributed by atoms with Gasteiger partial charge in [-0.15, -0.1) is 0 Å². The van der Waals surface area contributed by atoms with Gasteiger partial charge in [-0.3, -0.25) is 9.80 Å². The van der Waals surface area contributed by atoms with Crippen molar-refractivity contribution in [2.45, 2.75) is 26.4 Å². The molecule has 1 N–H and O–H groups in total. The maximum absolute atomic E-state index is 12.0. The second-order valence-corrected chi connectivity index (χ2v) is 7.78. The molecule has 4 rings (SSSR count). The molecule has 0 saturated carbocycles. The van der Waals surface area contributed by atoms with Crippen molar-refractivity contribution in [3.63, 3.8) is 0 Å². The van der Waals surface area contributed by atoms with E-state index < -0.39 is 0 Å². The van der Waals surface area contributed by atoms with Gasteiger partial charge in [0.2, 0.25) is 0 Å². The highest BCUT2D eigenvalue weighted by atomic mass is 16.4. The fourth-order valence-corrected chi connectivity index (χ4v) is 4.01. The lowest BCUT2D eigenvalue weighted by molar-refractivity contribution is 0.122. The molecule has 0 spiro atoms. The minimum absolute atomic E-state index is 0.168. The lowest BCUT2D eigenvalue weighted by Gasteiger charge is -2.34. The number of aryl methyl sites for hydroxylation is 1. The zero-order chi connectivity index (χ0) is 21.1. The molecule has 6 nitrogen and oxygen atoms in total. The van der Waals surface area contributed by atoms with Crippen molar-refractivity contribution in [1.82, 2.24) is 9.80 Å².